The number of carbonyl (C=O) groups excluding carboxylic acids is 1. The van der Waals surface area contributed by atoms with E-state index in [-0.39, 0.29) is 12.5 Å². The third-order valence-corrected chi connectivity index (χ3v) is 2.42. The summed E-state index contributed by atoms with van der Waals surface area (Å²) in [6.45, 7) is 4.01. The van der Waals surface area contributed by atoms with Gasteiger partial charge in [-0.2, -0.15) is 5.10 Å². The maximum atomic E-state index is 11.7. The van der Waals surface area contributed by atoms with Gasteiger partial charge in [-0.25, -0.2) is 0 Å². The Morgan fingerprint density at radius 3 is 2.95 bits per heavy atom. The second-order valence-electron chi connectivity index (χ2n) is 4.15. The summed E-state index contributed by atoms with van der Waals surface area (Å²) in [5, 5.41) is 15.1. The van der Waals surface area contributed by atoms with E-state index in [0.717, 1.165) is 12.8 Å². The summed E-state index contributed by atoms with van der Waals surface area (Å²) < 4.78 is 6.58. The number of nitrogens with one attached hydrogen (secondary N) is 1. The van der Waals surface area contributed by atoms with Gasteiger partial charge in [0.2, 0.25) is 0 Å². The molecular weight excluding hydrogens is 250 g/mol. The Hall–Kier alpha value is -1.89. The van der Waals surface area contributed by atoms with Crippen molar-refractivity contribution in [1.82, 2.24) is 9.78 Å². The summed E-state index contributed by atoms with van der Waals surface area (Å²) in [6.07, 6.45) is 2.85. The van der Waals surface area contributed by atoms with Gasteiger partial charge in [-0.05, 0) is 13.3 Å². The van der Waals surface area contributed by atoms with Crippen molar-refractivity contribution in [1.29, 1.82) is 0 Å². The third-order valence-electron chi connectivity index (χ3n) is 2.42. The first-order valence-electron chi connectivity index (χ1n) is 6.20. The smallest absolute Gasteiger partial charge is 0.325 e. The van der Waals surface area contributed by atoms with Crippen molar-refractivity contribution in [3.05, 3.63) is 12.3 Å². The van der Waals surface area contributed by atoms with E-state index in [1.807, 2.05) is 6.92 Å². The normalized spacial score (nSPS) is 12.1. The van der Waals surface area contributed by atoms with Crippen LogP contribution >= 0.6 is 0 Å². The Labute approximate surface area is 111 Å². The van der Waals surface area contributed by atoms with Crippen LogP contribution in [0.1, 0.15) is 26.7 Å². The topological polar surface area (TPSA) is 93.5 Å². The first-order valence-corrected chi connectivity index (χ1v) is 6.20. The highest BCUT2D eigenvalue weighted by atomic mass is 16.5. The number of hydrogen-bond acceptors (Lipinski definition) is 4. The lowest BCUT2D eigenvalue weighted by molar-refractivity contribution is -0.137. The molecule has 0 saturated carbocycles. The maximum Gasteiger partial charge on any atom is 0.325 e. The number of aliphatic carboxylic acids is 1. The number of unbranched alkanes of at least 4 members (excludes halogenated alkanes) is 1. The van der Waals surface area contributed by atoms with Gasteiger partial charge >= 0.3 is 5.97 Å². The monoisotopic (exact) mass is 269 g/mol. The lowest BCUT2D eigenvalue weighted by atomic mass is 10.3. The van der Waals surface area contributed by atoms with Gasteiger partial charge in [0.05, 0.1) is 0 Å². The first-order chi connectivity index (χ1) is 9.02. The molecule has 0 bridgehead atoms. The number of ether oxygens (including phenoxy) is 1. The largest absolute Gasteiger partial charge is 0.480 e. The van der Waals surface area contributed by atoms with Crippen LogP contribution in [0.4, 0.5) is 5.82 Å². The van der Waals surface area contributed by atoms with Gasteiger partial charge in [0.15, 0.2) is 5.82 Å². The van der Waals surface area contributed by atoms with E-state index < -0.39 is 12.1 Å². The van der Waals surface area contributed by atoms with E-state index in [9.17, 15) is 9.59 Å². The molecule has 1 rings (SSSR count). The van der Waals surface area contributed by atoms with E-state index in [0.29, 0.717) is 12.4 Å². The van der Waals surface area contributed by atoms with Crippen molar-refractivity contribution in [2.45, 2.75) is 39.3 Å². The van der Waals surface area contributed by atoms with Gasteiger partial charge in [-0.1, -0.05) is 13.3 Å². The lowest BCUT2D eigenvalue weighted by Crippen LogP contribution is -2.28. The van der Waals surface area contributed by atoms with Crippen LogP contribution in [0.25, 0.3) is 0 Å². The van der Waals surface area contributed by atoms with E-state index in [4.69, 9.17) is 9.84 Å². The molecule has 1 atom stereocenters. The van der Waals surface area contributed by atoms with Gasteiger partial charge in [-0.3, -0.25) is 14.3 Å². The zero-order valence-corrected chi connectivity index (χ0v) is 11.1. The average molecular weight is 269 g/mol. The predicted molar refractivity (Wildman–Crippen MR) is 68.8 cm³/mol. The fourth-order valence-corrected chi connectivity index (χ4v) is 1.36. The molecule has 0 aliphatic heterocycles. The minimum atomic E-state index is -0.989. The second kappa shape index (κ2) is 7.52. The number of amides is 1. The Morgan fingerprint density at radius 1 is 1.58 bits per heavy atom. The summed E-state index contributed by atoms with van der Waals surface area (Å²) in [6, 6.07) is 1.54. The molecular formula is C12H19N3O4. The molecule has 0 radical (unpaired) electrons. The number of carbonyl (C=O) groups is 2. The molecule has 7 heteroatoms. The molecule has 1 unspecified atom stereocenters. The van der Waals surface area contributed by atoms with E-state index in [1.54, 1.807) is 13.0 Å². The van der Waals surface area contributed by atoms with Crippen LogP contribution < -0.4 is 5.32 Å². The van der Waals surface area contributed by atoms with Crippen molar-refractivity contribution in [3.63, 3.8) is 0 Å². The predicted octanol–water partition coefficient (Wildman–Crippen LogP) is 1.11. The van der Waals surface area contributed by atoms with Crippen LogP contribution in [-0.4, -0.2) is 39.5 Å². The third kappa shape index (κ3) is 5.52. The summed E-state index contributed by atoms with van der Waals surface area (Å²) >= 11 is 0. The molecule has 1 heterocycles. The van der Waals surface area contributed by atoms with Crippen LogP contribution in [0.15, 0.2) is 12.3 Å². The van der Waals surface area contributed by atoms with E-state index in [1.165, 1.54) is 10.9 Å². The van der Waals surface area contributed by atoms with Gasteiger partial charge in [-0.15, -0.1) is 0 Å². The van der Waals surface area contributed by atoms with Gasteiger partial charge < -0.3 is 15.2 Å². The number of carboxylic acids is 1. The molecule has 7 nitrogen and oxygen atoms in total. The first kappa shape index (κ1) is 15.2. The van der Waals surface area contributed by atoms with Gasteiger partial charge in [0.25, 0.3) is 5.91 Å². The molecule has 0 fully saturated rings. The van der Waals surface area contributed by atoms with E-state index >= 15 is 0 Å². The molecule has 2 N–H and O–H groups in total. The highest BCUT2D eigenvalue weighted by molar-refractivity contribution is 5.93. The fraction of sp³-hybridized carbons (Fsp3) is 0.583. The number of rotatable bonds is 8. The summed E-state index contributed by atoms with van der Waals surface area (Å²) in [5.41, 5.74) is 0. The Morgan fingerprint density at radius 2 is 2.32 bits per heavy atom. The molecule has 0 spiro atoms. The quantitative estimate of drug-likeness (QED) is 0.689. The summed E-state index contributed by atoms with van der Waals surface area (Å²) in [7, 11) is 0. The Bertz CT molecular complexity index is 430. The van der Waals surface area contributed by atoms with Crippen LogP contribution in [0, 0.1) is 0 Å². The number of aromatic nitrogens is 2. The second-order valence-corrected chi connectivity index (χ2v) is 4.15. The lowest BCUT2D eigenvalue weighted by Gasteiger charge is -2.11. The van der Waals surface area contributed by atoms with Crippen molar-refractivity contribution in [2.75, 3.05) is 11.9 Å². The summed E-state index contributed by atoms with van der Waals surface area (Å²) in [5.74, 6) is -0.967. The maximum absolute atomic E-state index is 11.7. The summed E-state index contributed by atoms with van der Waals surface area (Å²) in [4.78, 5) is 22.2. The van der Waals surface area contributed by atoms with Gasteiger partial charge in [0.1, 0.15) is 12.6 Å². The molecule has 0 aliphatic carbocycles. The van der Waals surface area contributed by atoms with Crippen LogP contribution in [0.5, 0.6) is 0 Å². The fourth-order valence-electron chi connectivity index (χ4n) is 1.36. The van der Waals surface area contributed by atoms with Crippen molar-refractivity contribution in [2.24, 2.45) is 0 Å². The minimum absolute atomic E-state index is 0.238. The molecule has 1 amide bonds. The average Bonchev–Trinajstić information content (AvgIpc) is 2.75. The highest BCUT2D eigenvalue weighted by Gasteiger charge is 2.14. The van der Waals surface area contributed by atoms with Crippen LogP contribution in [0.2, 0.25) is 0 Å². The van der Waals surface area contributed by atoms with Gasteiger partial charge in [0, 0.05) is 18.9 Å². The zero-order chi connectivity index (χ0) is 14.3. The zero-order valence-electron chi connectivity index (χ0n) is 11.1. The van der Waals surface area contributed by atoms with Crippen LogP contribution in [-0.2, 0) is 20.9 Å². The molecule has 0 saturated heterocycles. The number of anilines is 1. The number of carboxylic acid groups (broad SMARTS) is 1. The van der Waals surface area contributed by atoms with Crippen LogP contribution in [0.3, 0.4) is 0 Å². The number of nitrogens with zero attached hydrogens (tertiary/aromatic N) is 2. The Balaban J connectivity index is 2.43. The molecule has 0 aromatic carbocycles. The number of hydrogen-bond donors (Lipinski definition) is 2. The van der Waals surface area contributed by atoms with Crippen molar-refractivity contribution >= 4 is 17.7 Å². The molecule has 0 aliphatic rings. The minimum Gasteiger partial charge on any atom is -0.480 e. The SMILES string of the molecule is CCCCOC(C)C(=O)Nc1ccn(CC(=O)O)n1. The van der Waals surface area contributed by atoms with E-state index in [2.05, 4.69) is 10.4 Å². The molecule has 19 heavy (non-hydrogen) atoms. The molecule has 1 aromatic rings. The molecule has 1 aromatic heterocycles. The Kier molecular flexibility index (Phi) is 6.01. The van der Waals surface area contributed by atoms with Crippen molar-refractivity contribution in [3.8, 4) is 0 Å². The standard InChI is InChI=1S/C12H19N3O4/c1-3-4-7-19-9(2)12(18)13-10-5-6-15(14-10)8-11(16)17/h5-6,9H,3-4,7-8H2,1-2H3,(H,16,17)(H,13,14,18). The molecule has 106 valence electrons. The highest BCUT2D eigenvalue weighted by Crippen LogP contribution is 2.05. The van der Waals surface area contributed by atoms with Crippen molar-refractivity contribution < 1.29 is 19.4 Å².